The molecule has 0 aromatic heterocycles. The number of amides is 1. The number of nitrogens with one attached hydrogen (secondary N) is 1. The lowest BCUT2D eigenvalue weighted by atomic mass is 10.2. The molecule has 10 nitrogen and oxygen atoms in total. The van der Waals surface area contributed by atoms with Gasteiger partial charge in [-0.3, -0.25) is 14.9 Å². The van der Waals surface area contributed by atoms with E-state index in [9.17, 15) is 24.8 Å². The first-order valence-electron chi connectivity index (χ1n) is 6.85. The van der Waals surface area contributed by atoms with Crippen LogP contribution in [0.2, 0.25) is 0 Å². The van der Waals surface area contributed by atoms with Gasteiger partial charge in [-0.25, -0.2) is 4.79 Å². The molecule has 0 atom stereocenters. The predicted octanol–water partition coefficient (Wildman–Crippen LogP) is -0.0261. The number of nitro benzene ring substituents is 1. The number of esters is 1. The Kier molecular flexibility index (Phi) is 4.99. The highest BCUT2D eigenvalue weighted by atomic mass is 16.6. The lowest BCUT2D eigenvalue weighted by molar-refractivity contribution is -0.385. The Bertz CT molecular complexity index is 729. The number of ether oxygens (including phenoxy) is 1. The zero-order valence-electron chi connectivity index (χ0n) is 12.7. The molecule has 1 aliphatic rings. The first-order chi connectivity index (χ1) is 11.4. The molecular formula is C14H15N3O7. The average molecular weight is 337 g/mol. The quantitative estimate of drug-likeness (QED) is 0.284. The van der Waals surface area contributed by atoms with Crippen molar-refractivity contribution in [1.82, 2.24) is 4.90 Å². The van der Waals surface area contributed by atoms with Crippen molar-refractivity contribution in [3.05, 3.63) is 39.6 Å². The highest BCUT2D eigenvalue weighted by Crippen LogP contribution is 2.30. The number of anilines is 1. The van der Waals surface area contributed by atoms with Crippen molar-refractivity contribution in [1.29, 1.82) is 0 Å². The van der Waals surface area contributed by atoms with Crippen LogP contribution in [0.4, 0.5) is 11.4 Å². The van der Waals surface area contributed by atoms with Gasteiger partial charge in [-0.15, -0.1) is 0 Å². The zero-order valence-corrected chi connectivity index (χ0v) is 12.7. The van der Waals surface area contributed by atoms with Crippen LogP contribution in [0.1, 0.15) is 0 Å². The van der Waals surface area contributed by atoms with Crippen LogP contribution in [0, 0.1) is 10.1 Å². The third kappa shape index (κ3) is 3.27. The van der Waals surface area contributed by atoms with Crippen LogP contribution in [0.15, 0.2) is 29.5 Å². The predicted molar refractivity (Wildman–Crippen MR) is 81.1 cm³/mol. The molecule has 0 radical (unpaired) electrons. The molecule has 0 saturated heterocycles. The Labute approximate surface area is 136 Å². The maximum Gasteiger partial charge on any atom is 0.337 e. The van der Waals surface area contributed by atoms with E-state index in [-0.39, 0.29) is 36.7 Å². The standard InChI is InChI=1S/C14H15N3O7/c1-24-14(21)9-7-16(4-5-18)13(20)12(9)15-8-2-3-11(19)10(6-8)17(22)23/h2-3,6,15,18-19H,4-5,7H2,1H3. The maximum absolute atomic E-state index is 12.3. The smallest absolute Gasteiger partial charge is 0.337 e. The number of phenolic OH excluding ortho intramolecular Hbond substituents is 1. The summed E-state index contributed by atoms with van der Waals surface area (Å²) in [6.07, 6.45) is 0. The fourth-order valence-corrected chi connectivity index (χ4v) is 2.24. The molecule has 0 aliphatic carbocycles. The minimum atomic E-state index is -0.773. The lowest BCUT2D eigenvalue weighted by Crippen LogP contribution is -2.31. The number of benzene rings is 1. The molecule has 2 rings (SSSR count). The number of aliphatic hydroxyl groups is 1. The summed E-state index contributed by atoms with van der Waals surface area (Å²) in [6, 6.07) is 3.47. The molecule has 1 heterocycles. The molecule has 0 saturated carbocycles. The molecule has 24 heavy (non-hydrogen) atoms. The lowest BCUT2D eigenvalue weighted by Gasteiger charge is -2.15. The van der Waals surface area contributed by atoms with Crippen molar-refractivity contribution in [3.63, 3.8) is 0 Å². The Morgan fingerprint density at radius 2 is 2.21 bits per heavy atom. The van der Waals surface area contributed by atoms with E-state index in [0.717, 1.165) is 19.2 Å². The van der Waals surface area contributed by atoms with Crippen molar-refractivity contribution in [2.75, 3.05) is 32.1 Å². The van der Waals surface area contributed by atoms with Gasteiger partial charge in [-0.05, 0) is 12.1 Å². The Morgan fingerprint density at radius 3 is 2.79 bits per heavy atom. The van der Waals surface area contributed by atoms with Crippen LogP contribution in [-0.2, 0) is 14.3 Å². The van der Waals surface area contributed by atoms with Crippen LogP contribution in [0.3, 0.4) is 0 Å². The summed E-state index contributed by atoms with van der Waals surface area (Å²) in [5.41, 5.74) is -0.435. The molecule has 1 aliphatic heterocycles. The van der Waals surface area contributed by atoms with Gasteiger partial charge >= 0.3 is 11.7 Å². The molecular weight excluding hydrogens is 322 g/mol. The van der Waals surface area contributed by atoms with Gasteiger partial charge in [0.05, 0.1) is 30.8 Å². The van der Waals surface area contributed by atoms with Crippen LogP contribution in [0.5, 0.6) is 5.75 Å². The summed E-state index contributed by atoms with van der Waals surface area (Å²) >= 11 is 0. The molecule has 3 N–H and O–H groups in total. The number of rotatable bonds is 6. The minimum Gasteiger partial charge on any atom is -0.502 e. The van der Waals surface area contributed by atoms with E-state index in [1.807, 2.05) is 0 Å². The number of aliphatic hydroxyl groups excluding tert-OH is 1. The van der Waals surface area contributed by atoms with Gasteiger partial charge in [0.25, 0.3) is 5.91 Å². The van der Waals surface area contributed by atoms with E-state index in [1.165, 1.54) is 11.0 Å². The second kappa shape index (κ2) is 6.96. The first kappa shape index (κ1) is 17.2. The monoisotopic (exact) mass is 337 g/mol. The van der Waals surface area contributed by atoms with Crippen molar-refractivity contribution in [3.8, 4) is 5.75 Å². The molecule has 0 bridgehead atoms. The molecule has 0 spiro atoms. The Hall–Kier alpha value is -3.14. The molecule has 1 aromatic rings. The van der Waals surface area contributed by atoms with Crippen LogP contribution < -0.4 is 5.32 Å². The van der Waals surface area contributed by atoms with E-state index < -0.39 is 28.2 Å². The van der Waals surface area contributed by atoms with Gasteiger partial charge < -0.3 is 25.2 Å². The number of β-amino-alcohol motifs (C(OH)–C–C–N with tert-alkyl or cyclic N) is 1. The fourth-order valence-electron chi connectivity index (χ4n) is 2.24. The van der Waals surface area contributed by atoms with Crippen LogP contribution >= 0.6 is 0 Å². The molecule has 128 valence electrons. The number of nitrogens with zero attached hydrogens (tertiary/aromatic N) is 2. The normalized spacial score (nSPS) is 14.1. The van der Waals surface area contributed by atoms with Crippen molar-refractivity contribution < 1.29 is 29.5 Å². The number of carbonyl (C=O) groups excluding carboxylic acids is 2. The zero-order chi connectivity index (χ0) is 17.9. The Balaban J connectivity index is 2.37. The van der Waals surface area contributed by atoms with Gasteiger partial charge in [0, 0.05) is 18.3 Å². The van der Waals surface area contributed by atoms with E-state index >= 15 is 0 Å². The van der Waals surface area contributed by atoms with E-state index in [4.69, 9.17) is 5.11 Å². The van der Waals surface area contributed by atoms with Crippen molar-refractivity contribution in [2.24, 2.45) is 0 Å². The SMILES string of the molecule is COC(=O)C1=C(Nc2ccc(O)c([N+](=O)[O-])c2)C(=O)N(CCO)C1. The van der Waals surface area contributed by atoms with Crippen LogP contribution in [0.25, 0.3) is 0 Å². The topological polar surface area (TPSA) is 142 Å². The highest BCUT2D eigenvalue weighted by molar-refractivity contribution is 6.08. The Morgan fingerprint density at radius 1 is 1.50 bits per heavy atom. The van der Waals surface area contributed by atoms with Gasteiger partial charge in [0.2, 0.25) is 0 Å². The highest BCUT2D eigenvalue weighted by Gasteiger charge is 2.34. The van der Waals surface area contributed by atoms with E-state index in [2.05, 4.69) is 10.1 Å². The third-order valence-corrected chi connectivity index (χ3v) is 3.39. The second-order valence-corrected chi connectivity index (χ2v) is 4.88. The van der Waals surface area contributed by atoms with Crippen LogP contribution in [-0.4, -0.2) is 58.7 Å². The molecule has 0 fully saturated rings. The summed E-state index contributed by atoms with van der Waals surface area (Å²) in [7, 11) is 1.16. The summed E-state index contributed by atoms with van der Waals surface area (Å²) in [4.78, 5) is 35.5. The average Bonchev–Trinajstić information content (AvgIpc) is 2.85. The largest absolute Gasteiger partial charge is 0.502 e. The molecule has 0 unspecified atom stereocenters. The number of methoxy groups -OCH3 is 1. The maximum atomic E-state index is 12.3. The number of aromatic hydroxyl groups is 1. The molecule has 1 amide bonds. The third-order valence-electron chi connectivity index (χ3n) is 3.39. The summed E-state index contributed by atoms with van der Waals surface area (Å²) in [6.45, 7) is -0.299. The molecule has 10 heteroatoms. The summed E-state index contributed by atoms with van der Waals surface area (Å²) in [5.74, 6) is -1.79. The van der Waals surface area contributed by atoms with Gasteiger partial charge in [0.15, 0.2) is 5.75 Å². The number of nitro groups is 1. The summed E-state index contributed by atoms with van der Waals surface area (Å²) in [5, 5.41) is 31.9. The van der Waals surface area contributed by atoms with Gasteiger partial charge in [-0.2, -0.15) is 0 Å². The van der Waals surface area contributed by atoms with E-state index in [0.29, 0.717) is 0 Å². The number of carbonyl (C=O) groups is 2. The van der Waals surface area contributed by atoms with Crippen molar-refractivity contribution in [2.45, 2.75) is 0 Å². The van der Waals surface area contributed by atoms with Gasteiger partial charge in [-0.1, -0.05) is 0 Å². The summed E-state index contributed by atoms with van der Waals surface area (Å²) < 4.78 is 4.63. The number of phenols is 1. The number of hydrogen-bond donors (Lipinski definition) is 3. The number of hydrogen-bond acceptors (Lipinski definition) is 8. The first-order valence-corrected chi connectivity index (χ1v) is 6.85. The molecule has 1 aromatic carbocycles. The minimum absolute atomic E-state index is 0.0280. The van der Waals surface area contributed by atoms with Gasteiger partial charge in [0.1, 0.15) is 5.70 Å². The van der Waals surface area contributed by atoms with E-state index in [1.54, 1.807) is 0 Å². The van der Waals surface area contributed by atoms with Crippen molar-refractivity contribution >= 4 is 23.3 Å². The fraction of sp³-hybridized carbons (Fsp3) is 0.286. The second-order valence-electron chi connectivity index (χ2n) is 4.88.